The quantitative estimate of drug-likeness (QED) is 0.545. The molecule has 152 valence electrons. The number of anilines is 4. The molecule has 8 heteroatoms. The molecule has 0 amide bonds. The van der Waals surface area contributed by atoms with Crippen LogP contribution in [0.1, 0.15) is 24.8 Å². The molecule has 2 aliphatic heterocycles. The van der Waals surface area contributed by atoms with Crippen molar-refractivity contribution in [3.8, 4) is 11.3 Å². The molecular weight excluding hydrogens is 416 g/mol. The van der Waals surface area contributed by atoms with Crippen LogP contribution in [0.25, 0.3) is 11.3 Å². The van der Waals surface area contributed by atoms with E-state index in [4.69, 9.17) is 28.8 Å². The van der Waals surface area contributed by atoms with E-state index in [2.05, 4.69) is 31.6 Å². The van der Waals surface area contributed by atoms with Crippen LogP contribution < -0.4 is 15.5 Å². The van der Waals surface area contributed by atoms with Gasteiger partial charge in [-0.25, -0.2) is 15.0 Å². The minimum Gasteiger partial charge on any atom is -0.357 e. The highest BCUT2D eigenvalue weighted by atomic mass is 35.5. The number of piperidine rings is 1. The maximum atomic E-state index is 6.17. The number of halogens is 1. The second kappa shape index (κ2) is 8.16. The molecule has 2 N–H and O–H groups in total. The van der Waals surface area contributed by atoms with Gasteiger partial charge in [0.2, 0.25) is 5.95 Å². The number of hydrogen-bond donors (Lipinski definition) is 2. The van der Waals surface area contributed by atoms with Gasteiger partial charge in [-0.2, -0.15) is 0 Å². The standard InChI is InChI=1S/C22H21ClN6S/c23-15-4-6-17-18(11-15)27-20(30)10-14-12-25-22(28-21(14)17)26-16-5-7-19(24-13-16)29-8-2-1-3-9-29/h4-7,11-13H,1-3,8-10H2,(H,27,30)(H,25,26,28). The van der Waals surface area contributed by atoms with Crippen LogP contribution in [-0.4, -0.2) is 33.0 Å². The van der Waals surface area contributed by atoms with Gasteiger partial charge >= 0.3 is 0 Å². The summed E-state index contributed by atoms with van der Waals surface area (Å²) in [5, 5.41) is 7.19. The van der Waals surface area contributed by atoms with Crippen LogP contribution in [0, 0.1) is 0 Å². The molecule has 6 nitrogen and oxygen atoms in total. The van der Waals surface area contributed by atoms with Gasteiger partial charge in [-0.15, -0.1) is 0 Å². The minimum atomic E-state index is 0.523. The highest BCUT2D eigenvalue weighted by molar-refractivity contribution is 7.80. The predicted molar refractivity (Wildman–Crippen MR) is 126 cm³/mol. The van der Waals surface area contributed by atoms with Gasteiger partial charge in [-0.1, -0.05) is 23.8 Å². The van der Waals surface area contributed by atoms with E-state index in [-0.39, 0.29) is 0 Å². The maximum absolute atomic E-state index is 6.17. The monoisotopic (exact) mass is 436 g/mol. The first-order valence-electron chi connectivity index (χ1n) is 10.1. The second-order valence-electron chi connectivity index (χ2n) is 7.56. The Morgan fingerprint density at radius 3 is 2.70 bits per heavy atom. The maximum Gasteiger partial charge on any atom is 0.227 e. The van der Waals surface area contributed by atoms with Crippen LogP contribution in [0.3, 0.4) is 0 Å². The van der Waals surface area contributed by atoms with Crippen LogP contribution >= 0.6 is 23.8 Å². The first-order chi connectivity index (χ1) is 14.7. The molecule has 0 bridgehead atoms. The van der Waals surface area contributed by atoms with E-state index in [0.717, 1.165) is 52.1 Å². The number of thiocarbonyl (C=S) groups is 1. The Bertz CT molecular complexity index is 1100. The average Bonchev–Trinajstić information content (AvgIpc) is 2.89. The van der Waals surface area contributed by atoms with E-state index in [0.29, 0.717) is 17.4 Å². The zero-order valence-corrected chi connectivity index (χ0v) is 17.9. The number of nitrogens with one attached hydrogen (secondary N) is 2. The number of aromatic nitrogens is 3. The summed E-state index contributed by atoms with van der Waals surface area (Å²) >= 11 is 11.6. The molecule has 0 spiro atoms. The lowest BCUT2D eigenvalue weighted by Crippen LogP contribution is -2.29. The Kier molecular flexibility index (Phi) is 5.23. The van der Waals surface area contributed by atoms with Crippen molar-refractivity contribution in [1.82, 2.24) is 15.0 Å². The SMILES string of the molecule is S=C1Cc2cnc(Nc3ccc(N4CCCCC4)nc3)nc2-c2ccc(Cl)cc2N1. The Balaban J connectivity index is 1.42. The van der Waals surface area contributed by atoms with Crippen LogP contribution in [0.15, 0.2) is 42.7 Å². The van der Waals surface area contributed by atoms with Crippen molar-refractivity contribution in [2.24, 2.45) is 0 Å². The molecular formula is C22H21ClN6S. The largest absolute Gasteiger partial charge is 0.357 e. The first-order valence-corrected chi connectivity index (χ1v) is 10.9. The van der Waals surface area contributed by atoms with Crippen molar-refractivity contribution in [1.29, 1.82) is 0 Å². The first kappa shape index (κ1) is 19.2. The summed E-state index contributed by atoms with van der Waals surface area (Å²) in [6.07, 6.45) is 8.03. The Morgan fingerprint density at radius 2 is 1.90 bits per heavy atom. The fraction of sp³-hybridized carbons (Fsp3) is 0.273. The molecule has 3 aromatic rings. The molecule has 2 aromatic heterocycles. The zero-order chi connectivity index (χ0) is 20.5. The Hall–Kier alpha value is -2.77. The highest BCUT2D eigenvalue weighted by Crippen LogP contribution is 2.35. The molecule has 0 aliphatic carbocycles. The van der Waals surface area contributed by atoms with Gasteiger partial charge < -0.3 is 15.5 Å². The minimum absolute atomic E-state index is 0.523. The Morgan fingerprint density at radius 1 is 1.03 bits per heavy atom. The lowest BCUT2D eigenvalue weighted by atomic mass is 10.1. The summed E-state index contributed by atoms with van der Waals surface area (Å²) in [5.74, 6) is 1.54. The molecule has 1 aromatic carbocycles. The van der Waals surface area contributed by atoms with Crippen molar-refractivity contribution < 1.29 is 0 Å². The topological polar surface area (TPSA) is 66.0 Å². The number of nitrogens with zero attached hydrogens (tertiary/aromatic N) is 4. The smallest absolute Gasteiger partial charge is 0.227 e. The van der Waals surface area contributed by atoms with Gasteiger partial charge in [0.1, 0.15) is 5.82 Å². The van der Waals surface area contributed by atoms with Gasteiger partial charge in [-0.05, 0) is 49.6 Å². The fourth-order valence-corrected chi connectivity index (χ4v) is 4.36. The lowest BCUT2D eigenvalue weighted by molar-refractivity contribution is 0.573. The van der Waals surface area contributed by atoms with Gasteiger partial charge in [0.05, 0.1) is 22.6 Å². The van der Waals surface area contributed by atoms with Gasteiger partial charge in [0, 0.05) is 47.5 Å². The highest BCUT2D eigenvalue weighted by Gasteiger charge is 2.20. The molecule has 0 radical (unpaired) electrons. The Labute approximate surface area is 185 Å². The zero-order valence-electron chi connectivity index (χ0n) is 16.4. The summed E-state index contributed by atoms with van der Waals surface area (Å²) in [6.45, 7) is 2.15. The fourth-order valence-electron chi connectivity index (χ4n) is 3.92. The van der Waals surface area contributed by atoms with E-state index in [9.17, 15) is 0 Å². The summed E-state index contributed by atoms with van der Waals surface area (Å²) in [5.41, 5.74) is 4.51. The van der Waals surface area contributed by atoms with Crippen molar-refractivity contribution in [2.75, 3.05) is 28.6 Å². The van der Waals surface area contributed by atoms with Crippen molar-refractivity contribution in [3.63, 3.8) is 0 Å². The average molecular weight is 437 g/mol. The second-order valence-corrected chi connectivity index (χ2v) is 8.49. The van der Waals surface area contributed by atoms with Gasteiger partial charge in [0.15, 0.2) is 0 Å². The summed E-state index contributed by atoms with van der Waals surface area (Å²) in [6, 6.07) is 9.77. The van der Waals surface area contributed by atoms with E-state index in [1.54, 1.807) is 0 Å². The predicted octanol–water partition coefficient (Wildman–Crippen LogP) is 5.22. The number of rotatable bonds is 3. The number of fused-ring (bicyclic) bond motifs is 3. The lowest BCUT2D eigenvalue weighted by Gasteiger charge is -2.27. The molecule has 0 unspecified atom stereocenters. The molecule has 1 fully saturated rings. The van der Waals surface area contributed by atoms with E-state index < -0.39 is 0 Å². The summed E-state index contributed by atoms with van der Waals surface area (Å²) in [7, 11) is 0. The van der Waals surface area contributed by atoms with E-state index >= 15 is 0 Å². The third kappa shape index (κ3) is 3.95. The van der Waals surface area contributed by atoms with Gasteiger partial charge in [0.25, 0.3) is 0 Å². The third-order valence-electron chi connectivity index (χ3n) is 5.41. The van der Waals surface area contributed by atoms with Crippen LogP contribution in [0.4, 0.5) is 23.1 Å². The number of pyridine rings is 1. The van der Waals surface area contributed by atoms with Crippen LogP contribution in [-0.2, 0) is 6.42 Å². The normalized spacial score (nSPS) is 15.6. The van der Waals surface area contributed by atoms with Crippen molar-refractivity contribution in [3.05, 3.63) is 53.3 Å². The van der Waals surface area contributed by atoms with E-state index in [1.165, 1.54) is 19.3 Å². The molecule has 1 saturated heterocycles. The third-order valence-corrected chi connectivity index (χ3v) is 5.89. The van der Waals surface area contributed by atoms with Gasteiger partial charge in [-0.3, -0.25) is 0 Å². The molecule has 5 rings (SSSR count). The summed E-state index contributed by atoms with van der Waals surface area (Å²) < 4.78 is 0. The molecule has 2 aliphatic rings. The van der Waals surface area contributed by atoms with Crippen molar-refractivity contribution in [2.45, 2.75) is 25.7 Å². The van der Waals surface area contributed by atoms with Crippen molar-refractivity contribution >= 4 is 51.9 Å². The molecule has 4 heterocycles. The number of hydrogen-bond acceptors (Lipinski definition) is 6. The summed E-state index contributed by atoms with van der Waals surface area (Å²) in [4.78, 5) is 17.0. The molecule has 0 saturated carbocycles. The van der Waals surface area contributed by atoms with Crippen LogP contribution in [0.2, 0.25) is 5.02 Å². The molecule has 0 atom stereocenters. The number of benzene rings is 1. The molecule has 30 heavy (non-hydrogen) atoms. The van der Waals surface area contributed by atoms with E-state index in [1.807, 2.05) is 36.7 Å². The van der Waals surface area contributed by atoms with Crippen LogP contribution in [0.5, 0.6) is 0 Å².